The van der Waals surface area contributed by atoms with Crippen LogP contribution in [0, 0.1) is 24.7 Å². The number of hydrogen-bond donors (Lipinski definition) is 2. The first-order chi connectivity index (χ1) is 9.06. The van der Waals surface area contributed by atoms with Crippen molar-refractivity contribution in [2.45, 2.75) is 50.9 Å². The van der Waals surface area contributed by atoms with Crippen molar-refractivity contribution in [1.29, 1.82) is 0 Å². The average Bonchev–Trinajstić information content (AvgIpc) is 2.32. The molecule has 0 atom stereocenters. The minimum atomic E-state index is -0.133. The molecule has 0 spiro atoms. The molecule has 4 aliphatic carbocycles. The van der Waals surface area contributed by atoms with E-state index >= 15 is 0 Å². The number of hydrogen-bond acceptors (Lipinski definition) is 2. The van der Waals surface area contributed by atoms with E-state index in [2.05, 4.69) is 4.98 Å². The second kappa shape index (κ2) is 3.65. The Hall–Kier alpha value is -1.25. The molecule has 0 amide bonds. The van der Waals surface area contributed by atoms with Crippen LogP contribution in [0.4, 0.5) is 5.69 Å². The molecular formula is C16H22N2O. The van der Waals surface area contributed by atoms with Gasteiger partial charge in [0.1, 0.15) is 0 Å². The van der Waals surface area contributed by atoms with Gasteiger partial charge in [-0.2, -0.15) is 0 Å². The number of nitrogens with one attached hydrogen (secondary N) is 1. The van der Waals surface area contributed by atoms with Crippen LogP contribution in [0.5, 0.6) is 0 Å². The van der Waals surface area contributed by atoms with E-state index in [1.54, 1.807) is 0 Å². The number of aryl methyl sites for hydroxylation is 1. The molecule has 1 aromatic heterocycles. The van der Waals surface area contributed by atoms with Crippen LogP contribution >= 0.6 is 0 Å². The summed E-state index contributed by atoms with van der Waals surface area (Å²) in [5.41, 5.74) is 8.81. The minimum absolute atomic E-state index is 0.133. The van der Waals surface area contributed by atoms with Crippen molar-refractivity contribution in [1.82, 2.24) is 4.98 Å². The number of nitrogen functional groups attached to an aromatic ring is 1. The van der Waals surface area contributed by atoms with Gasteiger partial charge in [-0.25, -0.2) is 0 Å². The Kier molecular flexibility index (Phi) is 2.22. The maximum absolute atomic E-state index is 11.6. The molecule has 3 N–H and O–H groups in total. The van der Waals surface area contributed by atoms with Gasteiger partial charge in [0.2, 0.25) is 0 Å². The monoisotopic (exact) mass is 258 g/mol. The number of rotatable bonds is 1. The number of H-pyrrole nitrogens is 1. The lowest BCUT2D eigenvalue weighted by Gasteiger charge is -2.57. The predicted octanol–water partition coefficient (Wildman–Crippen LogP) is 2.73. The normalized spacial score (nSPS) is 39.7. The lowest BCUT2D eigenvalue weighted by atomic mass is 9.48. The van der Waals surface area contributed by atoms with Crippen molar-refractivity contribution >= 4 is 5.69 Å². The van der Waals surface area contributed by atoms with Crippen LogP contribution in [0.15, 0.2) is 10.9 Å². The number of pyridine rings is 1. The molecule has 4 aliphatic rings. The minimum Gasteiger partial charge on any atom is -0.394 e. The molecule has 102 valence electrons. The Morgan fingerprint density at radius 1 is 1.16 bits per heavy atom. The molecule has 1 heterocycles. The molecule has 3 heteroatoms. The highest BCUT2D eigenvalue weighted by Gasteiger charge is 2.52. The van der Waals surface area contributed by atoms with Gasteiger partial charge in [-0.1, -0.05) is 0 Å². The molecule has 4 fully saturated rings. The molecule has 0 radical (unpaired) electrons. The third-order valence-corrected chi connectivity index (χ3v) is 5.88. The quantitative estimate of drug-likeness (QED) is 0.813. The van der Waals surface area contributed by atoms with E-state index in [1.165, 1.54) is 44.1 Å². The maximum Gasteiger partial charge on any atom is 0.271 e. The van der Waals surface area contributed by atoms with Gasteiger partial charge in [0, 0.05) is 5.69 Å². The summed E-state index contributed by atoms with van der Waals surface area (Å²) in [7, 11) is 0. The van der Waals surface area contributed by atoms with Gasteiger partial charge >= 0.3 is 0 Å². The zero-order valence-electron chi connectivity index (χ0n) is 11.5. The summed E-state index contributed by atoms with van der Waals surface area (Å²) in [6, 6.07) is 1.97. The lowest BCUT2D eigenvalue weighted by Crippen LogP contribution is -2.49. The van der Waals surface area contributed by atoms with Gasteiger partial charge in [-0.15, -0.1) is 0 Å². The lowest BCUT2D eigenvalue weighted by molar-refractivity contribution is -0.00562. The fourth-order valence-electron chi connectivity index (χ4n) is 5.63. The van der Waals surface area contributed by atoms with Crippen molar-refractivity contribution in [3.8, 4) is 0 Å². The van der Waals surface area contributed by atoms with E-state index < -0.39 is 0 Å². The Balaban J connectivity index is 1.83. The van der Waals surface area contributed by atoms with Crippen LogP contribution in [-0.2, 0) is 5.41 Å². The summed E-state index contributed by atoms with van der Waals surface area (Å²) < 4.78 is 0. The first kappa shape index (κ1) is 11.6. The maximum atomic E-state index is 11.6. The first-order valence-corrected chi connectivity index (χ1v) is 7.56. The molecular weight excluding hydrogens is 236 g/mol. The smallest absolute Gasteiger partial charge is 0.271 e. The second-order valence-corrected chi connectivity index (χ2v) is 7.29. The number of aromatic amines is 1. The third-order valence-electron chi connectivity index (χ3n) is 5.88. The Morgan fingerprint density at radius 2 is 1.68 bits per heavy atom. The molecule has 0 aromatic carbocycles. The van der Waals surface area contributed by atoms with E-state index in [0.717, 1.165) is 23.4 Å². The molecule has 1 aromatic rings. The highest BCUT2D eigenvalue weighted by atomic mass is 16.1. The van der Waals surface area contributed by atoms with Crippen molar-refractivity contribution in [3.63, 3.8) is 0 Å². The van der Waals surface area contributed by atoms with Crippen molar-refractivity contribution in [2.75, 3.05) is 5.73 Å². The largest absolute Gasteiger partial charge is 0.394 e. The van der Waals surface area contributed by atoms with Crippen molar-refractivity contribution in [2.24, 2.45) is 17.8 Å². The number of anilines is 1. The van der Waals surface area contributed by atoms with Gasteiger partial charge in [0.25, 0.3) is 5.56 Å². The van der Waals surface area contributed by atoms with Crippen LogP contribution in [0.2, 0.25) is 0 Å². The highest BCUT2D eigenvalue weighted by molar-refractivity contribution is 5.44. The van der Waals surface area contributed by atoms with Gasteiger partial charge in [-0.05, 0) is 80.2 Å². The average molecular weight is 258 g/mol. The Morgan fingerprint density at radius 3 is 2.21 bits per heavy atom. The summed E-state index contributed by atoms with van der Waals surface area (Å²) in [5, 5.41) is 0. The summed E-state index contributed by atoms with van der Waals surface area (Å²) in [6.45, 7) is 2.04. The van der Waals surface area contributed by atoms with E-state index in [1.807, 2.05) is 13.0 Å². The summed E-state index contributed by atoms with van der Waals surface area (Å²) >= 11 is 0. The van der Waals surface area contributed by atoms with Crippen LogP contribution in [0.25, 0.3) is 0 Å². The van der Waals surface area contributed by atoms with Crippen LogP contribution in [0.1, 0.15) is 49.8 Å². The highest BCUT2D eigenvalue weighted by Crippen LogP contribution is 2.61. The molecule has 3 nitrogen and oxygen atoms in total. The topological polar surface area (TPSA) is 58.9 Å². The fourth-order valence-corrected chi connectivity index (χ4v) is 5.63. The van der Waals surface area contributed by atoms with E-state index in [9.17, 15) is 4.79 Å². The summed E-state index contributed by atoms with van der Waals surface area (Å²) in [6.07, 6.45) is 8.26. The van der Waals surface area contributed by atoms with E-state index in [-0.39, 0.29) is 5.56 Å². The van der Waals surface area contributed by atoms with Crippen molar-refractivity contribution in [3.05, 3.63) is 27.7 Å². The van der Waals surface area contributed by atoms with Gasteiger partial charge in [-0.3, -0.25) is 4.79 Å². The first-order valence-electron chi connectivity index (χ1n) is 7.56. The molecule has 0 aliphatic heterocycles. The molecule has 4 bridgehead atoms. The standard InChI is InChI=1S/C16H22N2O/c1-9-13(5-14(17)15(19)18-9)16-6-10-2-11(7-16)4-12(3-10)8-16/h5,10-12H,2-4,6-8,17H2,1H3,(H,18,19). The van der Waals surface area contributed by atoms with E-state index in [4.69, 9.17) is 5.73 Å². The Labute approximate surface area is 113 Å². The van der Waals surface area contributed by atoms with Crippen molar-refractivity contribution < 1.29 is 0 Å². The second-order valence-electron chi connectivity index (χ2n) is 7.29. The van der Waals surface area contributed by atoms with Crippen LogP contribution in [0.3, 0.4) is 0 Å². The third kappa shape index (κ3) is 1.60. The molecule has 19 heavy (non-hydrogen) atoms. The van der Waals surface area contributed by atoms with Crippen LogP contribution in [-0.4, -0.2) is 4.98 Å². The van der Waals surface area contributed by atoms with Crippen LogP contribution < -0.4 is 11.3 Å². The summed E-state index contributed by atoms with van der Waals surface area (Å²) in [4.78, 5) is 14.6. The number of aromatic nitrogens is 1. The zero-order chi connectivity index (χ0) is 13.2. The molecule has 5 rings (SSSR count). The predicted molar refractivity (Wildman–Crippen MR) is 76.1 cm³/mol. The zero-order valence-corrected chi connectivity index (χ0v) is 11.5. The van der Waals surface area contributed by atoms with Gasteiger partial charge in [0.15, 0.2) is 0 Å². The van der Waals surface area contributed by atoms with Gasteiger partial charge in [0.05, 0.1) is 5.69 Å². The molecule has 4 saturated carbocycles. The van der Waals surface area contributed by atoms with Gasteiger partial charge < -0.3 is 10.7 Å². The summed E-state index contributed by atoms with van der Waals surface area (Å²) in [5.74, 6) is 2.75. The number of nitrogens with two attached hydrogens (primary N) is 1. The SMILES string of the molecule is Cc1[nH]c(=O)c(N)cc1C12CC3CC(CC(C3)C1)C2. The van der Waals surface area contributed by atoms with E-state index in [0.29, 0.717) is 11.1 Å². The fraction of sp³-hybridized carbons (Fsp3) is 0.688. The molecule has 0 saturated heterocycles. The molecule has 0 unspecified atom stereocenters. The Bertz CT molecular complexity index is 552.